The molecule has 0 spiro atoms. The van der Waals surface area contributed by atoms with E-state index in [4.69, 9.17) is 5.73 Å². The van der Waals surface area contributed by atoms with Crippen molar-refractivity contribution >= 4 is 10.9 Å². The van der Waals surface area contributed by atoms with Gasteiger partial charge in [0.15, 0.2) is 0 Å². The highest BCUT2D eigenvalue weighted by molar-refractivity contribution is 5.82. The lowest BCUT2D eigenvalue weighted by Gasteiger charge is -2.16. The summed E-state index contributed by atoms with van der Waals surface area (Å²) in [5.41, 5.74) is 12.3. The monoisotopic (exact) mass is 262 g/mol. The quantitative estimate of drug-likeness (QED) is 0.760. The lowest BCUT2D eigenvalue weighted by atomic mass is 9.94. The number of hydrogen-bond donors (Lipinski definition) is 1. The smallest absolute Gasteiger partial charge is 0.0705 e. The van der Waals surface area contributed by atoms with Gasteiger partial charge < -0.3 is 5.73 Å². The van der Waals surface area contributed by atoms with E-state index in [-0.39, 0.29) is 6.04 Å². The van der Waals surface area contributed by atoms with E-state index in [0.717, 1.165) is 22.0 Å². The molecular weight excluding hydrogens is 244 g/mol. The van der Waals surface area contributed by atoms with Crippen molar-refractivity contribution in [2.24, 2.45) is 5.73 Å². The number of fused-ring (bicyclic) bond motifs is 1. The van der Waals surface area contributed by atoms with E-state index >= 15 is 0 Å². The van der Waals surface area contributed by atoms with Crippen LogP contribution in [-0.4, -0.2) is 4.98 Å². The van der Waals surface area contributed by atoms with E-state index in [9.17, 15) is 0 Å². The predicted molar refractivity (Wildman–Crippen MR) is 83.7 cm³/mol. The molecule has 0 fully saturated rings. The van der Waals surface area contributed by atoms with Gasteiger partial charge in [-0.2, -0.15) is 0 Å². The molecule has 0 aliphatic heterocycles. The first-order valence-corrected chi connectivity index (χ1v) is 6.83. The van der Waals surface area contributed by atoms with Crippen LogP contribution in [0.2, 0.25) is 0 Å². The second kappa shape index (κ2) is 5.06. The Morgan fingerprint density at radius 1 is 0.950 bits per heavy atom. The highest BCUT2D eigenvalue weighted by atomic mass is 14.7. The number of aromatic nitrogens is 1. The van der Waals surface area contributed by atoms with Crippen molar-refractivity contribution < 1.29 is 0 Å². The average molecular weight is 262 g/mol. The molecule has 3 rings (SSSR count). The Labute approximate surface area is 119 Å². The summed E-state index contributed by atoms with van der Waals surface area (Å²) in [5, 5.41) is 1.13. The van der Waals surface area contributed by atoms with Crippen LogP contribution in [0.5, 0.6) is 0 Å². The molecule has 100 valence electrons. The third-order valence-corrected chi connectivity index (χ3v) is 3.90. The van der Waals surface area contributed by atoms with Gasteiger partial charge in [-0.05, 0) is 48.2 Å². The minimum absolute atomic E-state index is 0.123. The number of rotatable bonds is 2. The van der Waals surface area contributed by atoms with E-state index < -0.39 is 0 Å². The molecule has 2 nitrogen and oxygen atoms in total. The molecule has 2 N–H and O–H groups in total. The van der Waals surface area contributed by atoms with Crippen LogP contribution in [0.25, 0.3) is 10.9 Å². The van der Waals surface area contributed by atoms with Gasteiger partial charge >= 0.3 is 0 Å². The van der Waals surface area contributed by atoms with Crippen molar-refractivity contribution in [3.05, 3.63) is 77.0 Å². The maximum Gasteiger partial charge on any atom is 0.0705 e. The van der Waals surface area contributed by atoms with Crippen molar-refractivity contribution in [2.75, 3.05) is 0 Å². The van der Waals surface area contributed by atoms with Gasteiger partial charge in [-0.15, -0.1) is 0 Å². The molecule has 2 heteroatoms. The van der Waals surface area contributed by atoms with Crippen molar-refractivity contribution in [3.8, 4) is 0 Å². The van der Waals surface area contributed by atoms with Crippen LogP contribution in [0.4, 0.5) is 0 Å². The standard InChI is InChI=1S/C18H18N2/c1-12-8-9-14(11-13(12)2)18(19)16-5-3-7-17-15(16)6-4-10-20-17/h3-11,18H,19H2,1-2H3. The lowest BCUT2D eigenvalue weighted by molar-refractivity contribution is 0.877. The van der Waals surface area contributed by atoms with Crippen LogP contribution in [-0.2, 0) is 0 Å². The summed E-state index contributed by atoms with van der Waals surface area (Å²) in [5.74, 6) is 0. The van der Waals surface area contributed by atoms with Crippen LogP contribution in [0.3, 0.4) is 0 Å². The Hall–Kier alpha value is -2.19. The van der Waals surface area contributed by atoms with Crippen LogP contribution in [0.15, 0.2) is 54.7 Å². The van der Waals surface area contributed by atoms with Gasteiger partial charge in [0.1, 0.15) is 0 Å². The Kier molecular flexibility index (Phi) is 3.25. The topological polar surface area (TPSA) is 38.9 Å². The zero-order valence-corrected chi connectivity index (χ0v) is 11.8. The van der Waals surface area contributed by atoms with Crippen molar-refractivity contribution in [2.45, 2.75) is 19.9 Å². The fourth-order valence-electron chi connectivity index (χ4n) is 2.54. The Morgan fingerprint density at radius 3 is 2.60 bits per heavy atom. The minimum Gasteiger partial charge on any atom is -0.320 e. The van der Waals surface area contributed by atoms with Crippen LogP contribution in [0, 0.1) is 13.8 Å². The van der Waals surface area contributed by atoms with E-state index in [0.29, 0.717) is 0 Å². The summed E-state index contributed by atoms with van der Waals surface area (Å²) in [4.78, 5) is 4.39. The minimum atomic E-state index is -0.123. The summed E-state index contributed by atoms with van der Waals surface area (Å²) >= 11 is 0. The van der Waals surface area contributed by atoms with E-state index in [1.54, 1.807) is 0 Å². The summed E-state index contributed by atoms with van der Waals surface area (Å²) < 4.78 is 0. The Balaban J connectivity index is 2.12. The van der Waals surface area contributed by atoms with Gasteiger partial charge in [0.25, 0.3) is 0 Å². The van der Waals surface area contributed by atoms with Gasteiger partial charge in [-0.3, -0.25) is 4.98 Å². The predicted octanol–water partition coefficient (Wildman–Crippen LogP) is 3.90. The summed E-state index contributed by atoms with van der Waals surface area (Å²) in [6.07, 6.45) is 1.81. The third kappa shape index (κ3) is 2.19. The zero-order valence-electron chi connectivity index (χ0n) is 11.8. The molecule has 0 radical (unpaired) electrons. The Morgan fingerprint density at radius 2 is 1.80 bits per heavy atom. The molecule has 0 aliphatic rings. The number of nitrogens with zero attached hydrogens (tertiary/aromatic N) is 1. The highest BCUT2D eigenvalue weighted by Gasteiger charge is 2.12. The molecule has 1 unspecified atom stereocenters. The second-order valence-electron chi connectivity index (χ2n) is 5.24. The molecule has 2 aromatic carbocycles. The van der Waals surface area contributed by atoms with Gasteiger partial charge in [0.2, 0.25) is 0 Å². The molecule has 0 bridgehead atoms. The third-order valence-electron chi connectivity index (χ3n) is 3.90. The lowest BCUT2D eigenvalue weighted by Crippen LogP contribution is -2.12. The molecule has 0 aliphatic carbocycles. The first kappa shape index (κ1) is 12.8. The van der Waals surface area contributed by atoms with Gasteiger partial charge in [-0.25, -0.2) is 0 Å². The van der Waals surface area contributed by atoms with Crippen molar-refractivity contribution in [1.29, 1.82) is 0 Å². The number of hydrogen-bond acceptors (Lipinski definition) is 2. The molecule has 3 aromatic rings. The van der Waals surface area contributed by atoms with Gasteiger partial charge in [0, 0.05) is 11.6 Å². The van der Waals surface area contributed by atoms with Gasteiger partial charge in [0.05, 0.1) is 11.6 Å². The molecule has 0 saturated carbocycles. The first-order chi connectivity index (χ1) is 9.66. The number of aryl methyl sites for hydroxylation is 2. The number of pyridine rings is 1. The summed E-state index contributed by atoms with van der Waals surface area (Å²) in [6.45, 7) is 4.24. The molecular formula is C18H18N2. The molecule has 1 atom stereocenters. The second-order valence-corrected chi connectivity index (χ2v) is 5.24. The largest absolute Gasteiger partial charge is 0.320 e. The number of benzene rings is 2. The average Bonchev–Trinajstić information content (AvgIpc) is 2.49. The normalized spacial score (nSPS) is 12.6. The van der Waals surface area contributed by atoms with E-state index in [1.807, 2.05) is 24.4 Å². The fraction of sp³-hybridized carbons (Fsp3) is 0.167. The molecule has 1 heterocycles. The van der Waals surface area contributed by atoms with Crippen LogP contribution >= 0.6 is 0 Å². The Bertz CT molecular complexity index is 757. The maximum atomic E-state index is 6.47. The molecule has 0 saturated heterocycles. The van der Waals surface area contributed by atoms with Crippen LogP contribution < -0.4 is 5.73 Å². The van der Waals surface area contributed by atoms with Crippen LogP contribution in [0.1, 0.15) is 28.3 Å². The number of nitrogens with two attached hydrogens (primary N) is 1. The highest BCUT2D eigenvalue weighted by Crippen LogP contribution is 2.27. The maximum absolute atomic E-state index is 6.47. The molecule has 0 amide bonds. The van der Waals surface area contributed by atoms with E-state index in [1.165, 1.54) is 11.1 Å². The SMILES string of the molecule is Cc1ccc(C(N)c2cccc3ncccc23)cc1C. The van der Waals surface area contributed by atoms with E-state index in [2.05, 4.69) is 49.2 Å². The van der Waals surface area contributed by atoms with Crippen molar-refractivity contribution in [3.63, 3.8) is 0 Å². The fourth-order valence-corrected chi connectivity index (χ4v) is 2.54. The first-order valence-electron chi connectivity index (χ1n) is 6.83. The van der Waals surface area contributed by atoms with Crippen molar-refractivity contribution in [1.82, 2.24) is 4.98 Å². The zero-order chi connectivity index (χ0) is 14.1. The molecule has 20 heavy (non-hydrogen) atoms. The molecule has 1 aromatic heterocycles. The van der Waals surface area contributed by atoms with Gasteiger partial charge in [-0.1, -0.05) is 36.4 Å². The summed E-state index contributed by atoms with van der Waals surface area (Å²) in [6, 6.07) is 16.5. The summed E-state index contributed by atoms with van der Waals surface area (Å²) in [7, 11) is 0.